The number of benzene rings is 2. The van der Waals surface area contributed by atoms with Gasteiger partial charge in [0.15, 0.2) is 0 Å². The van der Waals surface area contributed by atoms with Crippen LogP contribution in [0.25, 0.3) is 0 Å². The Balaban J connectivity index is 1.66. The summed E-state index contributed by atoms with van der Waals surface area (Å²) in [5, 5.41) is 5.10. The van der Waals surface area contributed by atoms with Gasteiger partial charge in [0.2, 0.25) is 11.8 Å². The highest BCUT2D eigenvalue weighted by Crippen LogP contribution is 2.06. The molecular formula is C18H18F2N2O2. The van der Waals surface area contributed by atoms with Gasteiger partial charge in [-0.15, -0.1) is 0 Å². The van der Waals surface area contributed by atoms with Crippen LogP contribution < -0.4 is 10.6 Å². The Hall–Kier alpha value is -2.76. The monoisotopic (exact) mass is 332 g/mol. The first-order valence-electron chi connectivity index (χ1n) is 7.56. The molecule has 2 rings (SSSR count). The van der Waals surface area contributed by atoms with E-state index in [9.17, 15) is 18.4 Å². The first-order chi connectivity index (χ1) is 11.5. The Labute approximate surface area is 138 Å². The summed E-state index contributed by atoms with van der Waals surface area (Å²) in [4.78, 5) is 23.4. The van der Waals surface area contributed by atoms with Crippen LogP contribution in [0.4, 0.5) is 8.78 Å². The van der Waals surface area contributed by atoms with E-state index in [1.807, 2.05) is 0 Å². The standard InChI is InChI=1S/C18H18F2N2O2/c19-15-7-5-13(6-8-15)11-17(23)22-12-18(24)21-10-9-14-3-1-2-4-16(14)20/h1-8H,9-12H2,(H,21,24)(H,22,23). The van der Waals surface area contributed by atoms with E-state index in [2.05, 4.69) is 10.6 Å². The maximum Gasteiger partial charge on any atom is 0.239 e. The van der Waals surface area contributed by atoms with E-state index in [0.717, 1.165) is 0 Å². The van der Waals surface area contributed by atoms with Crippen LogP contribution >= 0.6 is 0 Å². The molecular weight excluding hydrogens is 314 g/mol. The van der Waals surface area contributed by atoms with Gasteiger partial charge in [0.05, 0.1) is 13.0 Å². The van der Waals surface area contributed by atoms with Gasteiger partial charge in [0.25, 0.3) is 0 Å². The second-order valence-electron chi connectivity index (χ2n) is 5.27. The fraction of sp³-hybridized carbons (Fsp3) is 0.222. The predicted octanol–water partition coefficient (Wildman–Crippen LogP) is 1.98. The SMILES string of the molecule is O=C(CNC(=O)Cc1ccc(F)cc1)NCCc1ccccc1F. The van der Waals surface area contributed by atoms with Crippen LogP contribution in [0.1, 0.15) is 11.1 Å². The summed E-state index contributed by atoms with van der Waals surface area (Å²) in [6.07, 6.45) is 0.449. The minimum Gasteiger partial charge on any atom is -0.354 e. The molecule has 0 aliphatic rings. The van der Waals surface area contributed by atoms with E-state index >= 15 is 0 Å². The molecule has 0 saturated carbocycles. The Bertz CT molecular complexity index is 702. The lowest BCUT2D eigenvalue weighted by atomic mass is 10.1. The van der Waals surface area contributed by atoms with Gasteiger partial charge in [-0.25, -0.2) is 8.78 Å². The Morgan fingerprint density at radius 1 is 0.875 bits per heavy atom. The average Bonchev–Trinajstić information content (AvgIpc) is 2.57. The molecule has 0 fully saturated rings. The molecule has 126 valence electrons. The van der Waals surface area contributed by atoms with Gasteiger partial charge in [0, 0.05) is 6.54 Å². The van der Waals surface area contributed by atoms with Gasteiger partial charge in [-0.2, -0.15) is 0 Å². The van der Waals surface area contributed by atoms with Crippen molar-refractivity contribution in [2.45, 2.75) is 12.8 Å². The summed E-state index contributed by atoms with van der Waals surface area (Å²) in [5.41, 5.74) is 1.19. The lowest BCUT2D eigenvalue weighted by Gasteiger charge is -2.08. The van der Waals surface area contributed by atoms with Crippen molar-refractivity contribution < 1.29 is 18.4 Å². The van der Waals surface area contributed by atoms with E-state index in [1.54, 1.807) is 18.2 Å². The maximum absolute atomic E-state index is 13.4. The number of rotatable bonds is 7. The van der Waals surface area contributed by atoms with E-state index in [-0.39, 0.29) is 43.0 Å². The number of halogens is 2. The Morgan fingerprint density at radius 2 is 1.58 bits per heavy atom. The third kappa shape index (κ3) is 5.79. The molecule has 2 N–H and O–H groups in total. The average molecular weight is 332 g/mol. The Morgan fingerprint density at radius 3 is 2.29 bits per heavy atom. The van der Waals surface area contributed by atoms with E-state index in [0.29, 0.717) is 17.5 Å². The van der Waals surface area contributed by atoms with Gasteiger partial charge in [-0.1, -0.05) is 30.3 Å². The second kappa shape index (κ2) is 8.76. The van der Waals surface area contributed by atoms with E-state index in [1.165, 1.54) is 30.3 Å². The fourth-order valence-electron chi connectivity index (χ4n) is 2.13. The largest absolute Gasteiger partial charge is 0.354 e. The minimum absolute atomic E-state index is 0.0722. The molecule has 6 heteroatoms. The number of carbonyl (C=O) groups excluding carboxylic acids is 2. The molecule has 4 nitrogen and oxygen atoms in total. The quantitative estimate of drug-likeness (QED) is 0.815. The molecule has 0 aliphatic carbocycles. The summed E-state index contributed by atoms with van der Waals surface area (Å²) in [7, 11) is 0. The summed E-state index contributed by atoms with van der Waals surface area (Å²) in [6.45, 7) is 0.130. The van der Waals surface area contributed by atoms with Crippen LogP contribution in [-0.4, -0.2) is 24.9 Å². The van der Waals surface area contributed by atoms with Crippen molar-refractivity contribution in [2.24, 2.45) is 0 Å². The van der Waals surface area contributed by atoms with Crippen molar-refractivity contribution in [3.05, 3.63) is 71.3 Å². The molecule has 2 aromatic rings. The molecule has 0 bridgehead atoms. The highest BCUT2D eigenvalue weighted by atomic mass is 19.1. The minimum atomic E-state index is -0.367. The molecule has 2 amide bonds. The molecule has 0 atom stereocenters. The molecule has 0 spiro atoms. The third-order valence-corrected chi connectivity index (χ3v) is 3.40. The molecule has 0 heterocycles. The first kappa shape index (κ1) is 17.6. The lowest BCUT2D eigenvalue weighted by Crippen LogP contribution is -2.38. The van der Waals surface area contributed by atoms with Gasteiger partial charge in [-0.05, 0) is 35.7 Å². The second-order valence-corrected chi connectivity index (χ2v) is 5.27. The van der Waals surface area contributed by atoms with Crippen LogP contribution in [0.5, 0.6) is 0 Å². The van der Waals surface area contributed by atoms with Crippen molar-refractivity contribution in [1.82, 2.24) is 10.6 Å². The fourth-order valence-corrected chi connectivity index (χ4v) is 2.13. The summed E-state index contributed by atoms with van der Waals surface area (Å²) < 4.78 is 26.2. The number of nitrogens with one attached hydrogen (secondary N) is 2. The van der Waals surface area contributed by atoms with Gasteiger partial charge < -0.3 is 10.6 Å². The van der Waals surface area contributed by atoms with Crippen LogP contribution in [0, 0.1) is 11.6 Å². The van der Waals surface area contributed by atoms with Crippen molar-refractivity contribution in [3.8, 4) is 0 Å². The smallest absolute Gasteiger partial charge is 0.239 e. The first-order valence-corrected chi connectivity index (χ1v) is 7.56. The van der Waals surface area contributed by atoms with Crippen LogP contribution in [0.2, 0.25) is 0 Å². The van der Waals surface area contributed by atoms with Gasteiger partial charge >= 0.3 is 0 Å². The molecule has 0 unspecified atom stereocenters. The highest BCUT2D eigenvalue weighted by molar-refractivity contribution is 5.85. The molecule has 0 radical (unpaired) electrons. The zero-order chi connectivity index (χ0) is 17.4. The Kier molecular flexibility index (Phi) is 6.42. The van der Waals surface area contributed by atoms with Crippen molar-refractivity contribution in [1.29, 1.82) is 0 Å². The van der Waals surface area contributed by atoms with Crippen LogP contribution in [-0.2, 0) is 22.4 Å². The van der Waals surface area contributed by atoms with Crippen molar-refractivity contribution in [3.63, 3.8) is 0 Å². The zero-order valence-corrected chi connectivity index (χ0v) is 13.0. The number of amides is 2. The van der Waals surface area contributed by atoms with Crippen LogP contribution in [0.15, 0.2) is 48.5 Å². The topological polar surface area (TPSA) is 58.2 Å². The number of hydrogen-bond acceptors (Lipinski definition) is 2. The van der Waals surface area contributed by atoms with Crippen LogP contribution in [0.3, 0.4) is 0 Å². The predicted molar refractivity (Wildman–Crippen MR) is 86.2 cm³/mol. The maximum atomic E-state index is 13.4. The highest BCUT2D eigenvalue weighted by Gasteiger charge is 2.07. The normalized spacial score (nSPS) is 10.2. The molecule has 0 aliphatic heterocycles. The number of carbonyl (C=O) groups is 2. The molecule has 0 saturated heterocycles. The third-order valence-electron chi connectivity index (χ3n) is 3.40. The molecule has 0 aromatic heterocycles. The summed E-state index contributed by atoms with van der Waals surface area (Å²) in [6, 6.07) is 12.0. The van der Waals surface area contributed by atoms with Gasteiger partial charge in [0.1, 0.15) is 11.6 Å². The lowest BCUT2D eigenvalue weighted by molar-refractivity contribution is -0.125. The summed E-state index contributed by atoms with van der Waals surface area (Å²) >= 11 is 0. The van der Waals surface area contributed by atoms with Crippen molar-refractivity contribution >= 4 is 11.8 Å². The van der Waals surface area contributed by atoms with Crippen molar-refractivity contribution in [2.75, 3.05) is 13.1 Å². The zero-order valence-electron chi connectivity index (χ0n) is 13.0. The van der Waals surface area contributed by atoms with Gasteiger partial charge in [-0.3, -0.25) is 9.59 Å². The molecule has 24 heavy (non-hydrogen) atoms. The summed E-state index contributed by atoms with van der Waals surface area (Å²) in [5.74, 6) is -1.35. The van der Waals surface area contributed by atoms with E-state index < -0.39 is 0 Å². The van der Waals surface area contributed by atoms with E-state index in [4.69, 9.17) is 0 Å². The molecule has 2 aromatic carbocycles. The number of hydrogen-bond donors (Lipinski definition) is 2.